The van der Waals surface area contributed by atoms with E-state index < -0.39 is 0 Å². The van der Waals surface area contributed by atoms with E-state index in [1.165, 1.54) is 24.0 Å². The third-order valence-electron chi connectivity index (χ3n) is 3.22. The fourth-order valence-corrected chi connectivity index (χ4v) is 1.95. The number of nitrogens with one attached hydrogen (secondary N) is 1. The minimum absolute atomic E-state index is 0.150. The van der Waals surface area contributed by atoms with Gasteiger partial charge in [0.1, 0.15) is 0 Å². The lowest BCUT2D eigenvalue weighted by molar-refractivity contribution is 0.555. The van der Waals surface area contributed by atoms with Crippen molar-refractivity contribution in [2.45, 2.75) is 39.5 Å². The van der Waals surface area contributed by atoms with Crippen molar-refractivity contribution in [2.75, 3.05) is 13.1 Å². The summed E-state index contributed by atoms with van der Waals surface area (Å²) in [5.74, 6) is 0.150. The van der Waals surface area contributed by atoms with Crippen molar-refractivity contribution >= 4 is 0 Å². The summed E-state index contributed by atoms with van der Waals surface area (Å²) in [6.45, 7) is 6.02. The molecule has 0 fully saturated rings. The number of aryl methyl sites for hydroxylation is 1. The molecular weight excluding hydrogens is 220 g/mol. The molecule has 1 N–H and O–H groups in total. The lowest BCUT2D eigenvalue weighted by Crippen LogP contribution is -2.23. The van der Waals surface area contributed by atoms with Gasteiger partial charge in [0.05, 0.1) is 12.0 Å². The molecule has 0 heterocycles. The van der Waals surface area contributed by atoms with Gasteiger partial charge in [-0.2, -0.15) is 5.26 Å². The van der Waals surface area contributed by atoms with Crippen LogP contribution in [0.25, 0.3) is 0 Å². The molecule has 0 spiro atoms. The summed E-state index contributed by atoms with van der Waals surface area (Å²) >= 11 is 0. The normalized spacial score (nSPS) is 12.1. The van der Waals surface area contributed by atoms with Gasteiger partial charge in [0, 0.05) is 6.54 Å². The third-order valence-corrected chi connectivity index (χ3v) is 3.22. The highest BCUT2D eigenvalue weighted by molar-refractivity contribution is 5.22. The SMILES string of the molecule is CCCc1ccc(CCNCC(C#N)CC)cc1. The number of hydrogen-bond donors (Lipinski definition) is 1. The van der Waals surface area contributed by atoms with Gasteiger partial charge in [-0.05, 0) is 36.9 Å². The average molecular weight is 244 g/mol. The molecule has 0 radical (unpaired) electrons. The summed E-state index contributed by atoms with van der Waals surface area (Å²) in [4.78, 5) is 0. The Hall–Kier alpha value is -1.33. The summed E-state index contributed by atoms with van der Waals surface area (Å²) in [5.41, 5.74) is 2.79. The first-order valence-electron chi connectivity index (χ1n) is 6.98. The fraction of sp³-hybridized carbons (Fsp3) is 0.562. The van der Waals surface area contributed by atoms with E-state index in [1.54, 1.807) is 0 Å². The number of rotatable bonds is 8. The Morgan fingerprint density at radius 2 is 1.72 bits per heavy atom. The Kier molecular flexibility index (Phi) is 7.13. The second-order valence-electron chi connectivity index (χ2n) is 4.75. The summed E-state index contributed by atoms with van der Waals surface area (Å²) in [5, 5.41) is 12.2. The first-order chi connectivity index (χ1) is 8.80. The molecule has 1 aromatic carbocycles. The largest absolute Gasteiger partial charge is 0.315 e. The van der Waals surface area contributed by atoms with Crippen LogP contribution in [-0.2, 0) is 12.8 Å². The molecule has 2 heteroatoms. The third kappa shape index (κ3) is 5.33. The Morgan fingerprint density at radius 3 is 2.22 bits per heavy atom. The topological polar surface area (TPSA) is 35.8 Å². The Morgan fingerprint density at radius 1 is 1.11 bits per heavy atom. The summed E-state index contributed by atoms with van der Waals surface area (Å²) < 4.78 is 0. The molecule has 1 unspecified atom stereocenters. The highest BCUT2D eigenvalue weighted by atomic mass is 14.8. The van der Waals surface area contributed by atoms with Crippen molar-refractivity contribution in [1.82, 2.24) is 5.32 Å². The first kappa shape index (κ1) is 14.7. The molecule has 18 heavy (non-hydrogen) atoms. The number of hydrogen-bond acceptors (Lipinski definition) is 2. The van der Waals surface area contributed by atoms with Gasteiger partial charge in [-0.1, -0.05) is 44.5 Å². The van der Waals surface area contributed by atoms with Crippen LogP contribution in [0.15, 0.2) is 24.3 Å². The molecule has 0 amide bonds. The van der Waals surface area contributed by atoms with E-state index in [0.29, 0.717) is 0 Å². The molecular formula is C16H24N2. The Bertz CT molecular complexity index is 362. The number of benzene rings is 1. The molecule has 2 nitrogen and oxygen atoms in total. The van der Waals surface area contributed by atoms with Gasteiger partial charge in [0.2, 0.25) is 0 Å². The zero-order valence-electron chi connectivity index (χ0n) is 11.6. The lowest BCUT2D eigenvalue weighted by atomic mass is 10.1. The quantitative estimate of drug-likeness (QED) is 0.712. The van der Waals surface area contributed by atoms with Crippen LogP contribution in [0, 0.1) is 17.2 Å². The van der Waals surface area contributed by atoms with E-state index in [-0.39, 0.29) is 5.92 Å². The lowest BCUT2D eigenvalue weighted by Gasteiger charge is -2.08. The van der Waals surface area contributed by atoms with Gasteiger partial charge in [-0.25, -0.2) is 0 Å². The van der Waals surface area contributed by atoms with Gasteiger partial charge >= 0.3 is 0 Å². The molecule has 1 rings (SSSR count). The zero-order chi connectivity index (χ0) is 13.2. The van der Waals surface area contributed by atoms with E-state index in [2.05, 4.69) is 49.5 Å². The molecule has 0 saturated carbocycles. The van der Waals surface area contributed by atoms with E-state index in [0.717, 1.165) is 25.9 Å². The van der Waals surface area contributed by atoms with Gasteiger partial charge in [-0.15, -0.1) is 0 Å². The monoisotopic (exact) mass is 244 g/mol. The second-order valence-corrected chi connectivity index (χ2v) is 4.75. The van der Waals surface area contributed by atoms with Crippen LogP contribution in [0.1, 0.15) is 37.8 Å². The van der Waals surface area contributed by atoms with Crippen molar-refractivity contribution in [2.24, 2.45) is 5.92 Å². The zero-order valence-corrected chi connectivity index (χ0v) is 11.6. The van der Waals surface area contributed by atoms with Gasteiger partial charge in [-0.3, -0.25) is 0 Å². The van der Waals surface area contributed by atoms with Gasteiger partial charge < -0.3 is 5.32 Å². The Labute approximate surface area is 111 Å². The molecule has 0 aliphatic heterocycles. The molecule has 98 valence electrons. The smallest absolute Gasteiger partial charge is 0.0669 e. The number of nitrogens with zero attached hydrogens (tertiary/aromatic N) is 1. The van der Waals surface area contributed by atoms with Crippen LogP contribution < -0.4 is 5.32 Å². The number of nitriles is 1. The van der Waals surface area contributed by atoms with Crippen molar-refractivity contribution in [3.8, 4) is 6.07 Å². The van der Waals surface area contributed by atoms with Crippen LogP contribution in [0.2, 0.25) is 0 Å². The molecule has 0 aliphatic rings. The first-order valence-corrected chi connectivity index (χ1v) is 6.98. The molecule has 0 saturated heterocycles. The standard InChI is InChI=1S/C16H24N2/c1-3-5-15-6-8-16(9-7-15)10-11-18-13-14(4-2)12-17/h6-9,14,18H,3-5,10-11,13H2,1-2H3. The van der Waals surface area contributed by atoms with E-state index in [9.17, 15) is 0 Å². The molecule has 1 atom stereocenters. The minimum Gasteiger partial charge on any atom is -0.315 e. The van der Waals surface area contributed by atoms with Crippen LogP contribution >= 0.6 is 0 Å². The predicted molar refractivity (Wildman–Crippen MR) is 76.4 cm³/mol. The maximum Gasteiger partial charge on any atom is 0.0669 e. The Balaban J connectivity index is 2.25. The maximum absolute atomic E-state index is 8.83. The van der Waals surface area contributed by atoms with E-state index in [1.807, 2.05) is 0 Å². The highest BCUT2D eigenvalue weighted by Crippen LogP contribution is 2.07. The van der Waals surface area contributed by atoms with Crippen LogP contribution in [0.4, 0.5) is 0 Å². The highest BCUT2D eigenvalue weighted by Gasteiger charge is 2.02. The van der Waals surface area contributed by atoms with E-state index >= 15 is 0 Å². The maximum atomic E-state index is 8.83. The van der Waals surface area contributed by atoms with Crippen LogP contribution in [0.5, 0.6) is 0 Å². The molecule has 1 aromatic rings. The van der Waals surface area contributed by atoms with Crippen molar-refractivity contribution in [3.05, 3.63) is 35.4 Å². The second kappa shape index (κ2) is 8.72. The minimum atomic E-state index is 0.150. The van der Waals surface area contributed by atoms with Crippen LogP contribution in [0.3, 0.4) is 0 Å². The van der Waals surface area contributed by atoms with Crippen LogP contribution in [-0.4, -0.2) is 13.1 Å². The summed E-state index contributed by atoms with van der Waals surface area (Å²) in [7, 11) is 0. The molecule has 0 bridgehead atoms. The summed E-state index contributed by atoms with van der Waals surface area (Å²) in [6, 6.07) is 11.2. The fourth-order valence-electron chi connectivity index (χ4n) is 1.95. The summed E-state index contributed by atoms with van der Waals surface area (Å²) in [6.07, 6.45) is 4.33. The molecule has 0 aliphatic carbocycles. The average Bonchev–Trinajstić information content (AvgIpc) is 2.41. The van der Waals surface area contributed by atoms with E-state index in [4.69, 9.17) is 5.26 Å². The van der Waals surface area contributed by atoms with Crippen molar-refractivity contribution < 1.29 is 0 Å². The van der Waals surface area contributed by atoms with Crippen molar-refractivity contribution in [1.29, 1.82) is 5.26 Å². The van der Waals surface area contributed by atoms with Crippen molar-refractivity contribution in [3.63, 3.8) is 0 Å². The van der Waals surface area contributed by atoms with Gasteiger partial charge in [0.15, 0.2) is 0 Å². The van der Waals surface area contributed by atoms with Gasteiger partial charge in [0.25, 0.3) is 0 Å². The predicted octanol–water partition coefficient (Wildman–Crippen LogP) is 3.32. The molecule has 0 aromatic heterocycles.